The number of carbonyl (C=O) groups excluding carboxylic acids is 2. The molecule has 7 nitrogen and oxygen atoms in total. The Kier molecular flexibility index (Phi) is 7.53. The van der Waals surface area contributed by atoms with Gasteiger partial charge in [0.15, 0.2) is 6.10 Å². The van der Waals surface area contributed by atoms with E-state index >= 15 is 0 Å². The molecule has 0 aliphatic carbocycles. The maximum Gasteiger partial charge on any atom is 0.411 e. The van der Waals surface area contributed by atoms with Crippen molar-refractivity contribution in [3.05, 3.63) is 71.8 Å². The summed E-state index contributed by atoms with van der Waals surface area (Å²) in [4.78, 5) is 28.1. The first-order valence-corrected chi connectivity index (χ1v) is 10.9. The van der Waals surface area contributed by atoms with Crippen molar-refractivity contribution in [2.24, 2.45) is 5.73 Å². The van der Waals surface area contributed by atoms with E-state index in [1.807, 2.05) is 60.7 Å². The van der Waals surface area contributed by atoms with Crippen molar-refractivity contribution in [3.63, 3.8) is 0 Å². The average molecular weight is 441 g/mol. The van der Waals surface area contributed by atoms with Crippen LogP contribution in [0.1, 0.15) is 56.9 Å². The number of amides is 1. The van der Waals surface area contributed by atoms with Gasteiger partial charge >= 0.3 is 12.1 Å². The molecule has 0 aromatic heterocycles. The van der Waals surface area contributed by atoms with Crippen LogP contribution in [0.3, 0.4) is 0 Å². The molecule has 32 heavy (non-hydrogen) atoms. The number of carbonyl (C=O) groups is 2. The average Bonchev–Trinajstić information content (AvgIpc) is 2.77. The highest BCUT2D eigenvalue weighted by Gasteiger charge is 2.48. The number of aliphatic hydroxyl groups excluding tert-OH is 1. The first-order valence-electron chi connectivity index (χ1n) is 10.9. The van der Waals surface area contributed by atoms with E-state index in [1.165, 1.54) is 4.90 Å². The minimum absolute atomic E-state index is 0.0724. The summed E-state index contributed by atoms with van der Waals surface area (Å²) >= 11 is 0. The molecule has 1 aliphatic heterocycles. The summed E-state index contributed by atoms with van der Waals surface area (Å²) in [5.74, 6) is -0.527. The summed E-state index contributed by atoms with van der Waals surface area (Å²) < 4.78 is 11.6. The molecule has 1 aliphatic rings. The Bertz CT molecular complexity index is 898. The Hall–Kier alpha value is -2.90. The molecule has 1 fully saturated rings. The van der Waals surface area contributed by atoms with Gasteiger partial charge in [0.1, 0.15) is 17.7 Å². The van der Waals surface area contributed by atoms with Crippen molar-refractivity contribution < 1.29 is 24.2 Å². The number of esters is 1. The largest absolute Gasteiger partial charge is 0.453 e. The van der Waals surface area contributed by atoms with Crippen LogP contribution in [0.4, 0.5) is 4.79 Å². The first kappa shape index (κ1) is 23.8. The lowest BCUT2D eigenvalue weighted by Crippen LogP contribution is -2.55. The van der Waals surface area contributed by atoms with Gasteiger partial charge in [-0.2, -0.15) is 0 Å². The number of ether oxygens (including phenoxy) is 2. The van der Waals surface area contributed by atoms with Crippen molar-refractivity contribution in [3.8, 4) is 0 Å². The van der Waals surface area contributed by atoms with Crippen LogP contribution in [0.5, 0.6) is 0 Å². The predicted molar refractivity (Wildman–Crippen MR) is 121 cm³/mol. The van der Waals surface area contributed by atoms with Crippen molar-refractivity contribution in [2.75, 3.05) is 6.54 Å². The third-order valence-corrected chi connectivity index (χ3v) is 5.36. The number of hydrogen-bond acceptors (Lipinski definition) is 6. The fraction of sp³-hybridized carbons (Fsp3) is 0.440. The number of rotatable bonds is 6. The molecule has 0 spiro atoms. The quantitative estimate of drug-likeness (QED) is 0.664. The molecule has 3 rings (SSSR count). The Morgan fingerprint density at radius 1 is 1.09 bits per heavy atom. The molecule has 7 heteroatoms. The van der Waals surface area contributed by atoms with Crippen LogP contribution in [0, 0.1) is 0 Å². The zero-order valence-electron chi connectivity index (χ0n) is 18.8. The number of hydrogen-bond donors (Lipinski definition) is 2. The van der Waals surface area contributed by atoms with Crippen LogP contribution >= 0.6 is 0 Å². The standard InChI is InChI=1S/C25H32N2O5/c1-25(2,3)32-24(30)27-20(15-14-19(28)16-26)23(29)31-22(18-12-8-5-9-13-18)21(27)17-10-6-4-7-11-17/h4-13,19-22,28H,14-16,26H2,1-3H3/t19-,20+,21+,22-/m1/s1. The molecule has 2 aromatic rings. The van der Waals surface area contributed by atoms with E-state index in [2.05, 4.69) is 0 Å². The van der Waals surface area contributed by atoms with Crippen LogP contribution in [0.2, 0.25) is 0 Å². The lowest BCUT2D eigenvalue weighted by molar-refractivity contribution is -0.175. The van der Waals surface area contributed by atoms with E-state index in [1.54, 1.807) is 20.8 Å². The smallest absolute Gasteiger partial charge is 0.411 e. The summed E-state index contributed by atoms with van der Waals surface area (Å²) in [5.41, 5.74) is 6.40. The van der Waals surface area contributed by atoms with Crippen molar-refractivity contribution in [2.45, 2.75) is 63.5 Å². The minimum atomic E-state index is -0.906. The zero-order chi connectivity index (χ0) is 23.3. The Balaban J connectivity index is 2.08. The van der Waals surface area contributed by atoms with Gasteiger partial charge in [0.05, 0.1) is 6.10 Å². The van der Waals surface area contributed by atoms with Gasteiger partial charge in [0.2, 0.25) is 0 Å². The monoisotopic (exact) mass is 440 g/mol. The SMILES string of the molecule is CC(C)(C)OC(=O)N1[C@@H](CC[C@@H](O)CN)C(=O)O[C@H](c2ccccc2)[C@@H]1c1ccccc1. The molecule has 2 aromatic carbocycles. The molecular formula is C25H32N2O5. The van der Waals surface area contributed by atoms with Crippen LogP contribution in [0.25, 0.3) is 0 Å². The molecule has 0 unspecified atom stereocenters. The lowest BCUT2D eigenvalue weighted by atomic mass is 9.90. The fourth-order valence-corrected chi connectivity index (χ4v) is 3.88. The molecule has 1 saturated heterocycles. The van der Waals surface area contributed by atoms with Crippen LogP contribution in [0.15, 0.2) is 60.7 Å². The first-order chi connectivity index (χ1) is 15.2. The van der Waals surface area contributed by atoms with Crippen LogP contribution in [-0.4, -0.2) is 46.4 Å². The highest BCUT2D eigenvalue weighted by Crippen LogP contribution is 2.43. The number of morpholine rings is 1. The number of benzene rings is 2. The maximum absolute atomic E-state index is 13.5. The van der Waals surface area contributed by atoms with Gasteiger partial charge in [0, 0.05) is 6.54 Å². The topological polar surface area (TPSA) is 102 Å². The van der Waals surface area contributed by atoms with Gasteiger partial charge < -0.3 is 20.3 Å². The maximum atomic E-state index is 13.5. The third kappa shape index (κ3) is 5.66. The van der Waals surface area contributed by atoms with Crippen LogP contribution in [-0.2, 0) is 14.3 Å². The molecule has 0 radical (unpaired) electrons. The normalized spacial score (nSPS) is 22.2. The Labute approximate surface area is 189 Å². The molecule has 0 saturated carbocycles. The molecule has 172 valence electrons. The summed E-state index contributed by atoms with van der Waals surface area (Å²) in [5, 5.41) is 9.99. The summed E-state index contributed by atoms with van der Waals surface area (Å²) in [6.45, 7) is 5.43. The lowest BCUT2D eigenvalue weighted by Gasteiger charge is -2.45. The van der Waals surface area contributed by atoms with E-state index in [0.717, 1.165) is 11.1 Å². The van der Waals surface area contributed by atoms with Gasteiger partial charge in [-0.3, -0.25) is 4.90 Å². The highest BCUT2D eigenvalue weighted by molar-refractivity contribution is 5.83. The summed E-state index contributed by atoms with van der Waals surface area (Å²) in [7, 11) is 0. The highest BCUT2D eigenvalue weighted by atomic mass is 16.6. The van der Waals surface area contributed by atoms with E-state index in [0.29, 0.717) is 0 Å². The number of nitrogens with two attached hydrogens (primary N) is 1. The van der Waals surface area contributed by atoms with Crippen molar-refractivity contribution in [1.29, 1.82) is 0 Å². The zero-order valence-corrected chi connectivity index (χ0v) is 18.8. The van der Waals surface area contributed by atoms with Crippen LogP contribution < -0.4 is 5.73 Å². The van der Waals surface area contributed by atoms with Gasteiger partial charge in [-0.1, -0.05) is 60.7 Å². The second-order valence-electron chi connectivity index (χ2n) is 8.99. The Morgan fingerprint density at radius 2 is 1.66 bits per heavy atom. The number of cyclic esters (lactones) is 1. The van der Waals surface area contributed by atoms with E-state index in [-0.39, 0.29) is 19.4 Å². The second-order valence-corrected chi connectivity index (χ2v) is 8.99. The van der Waals surface area contributed by atoms with Crippen molar-refractivity contribution in [1.82, 2.24) is 4.90 Å². The molecule has 1 amide bonds. The van der Waals surface area contributed by atoms with Gasteiger partial charge in [0.25, 0.3) is 0 Å². The molecule has 1 heterocycles. The van der Waals surface area contributed by atoms with Gasteiger partial charge in [-0.15, -0.1) is 0 Å². The molecular weight excluding hydrogens is 408 g/mol. The summed E-state index contributed by atoms with van der Waals surface area (Å²) in [6, 6.07) is 17.3. The molecule has 4 atom stereocenters. The van der Waals surface area contributed by atoms with E-state index in [4.69, 9.17) is 15.2 Å². The fourth-order valence-electron chi connectivity index (χ4n) is 3.88. The Morgan fingerprint density at radius 3 is 2.19 bits per heavy atom. The van der Waals surface area contributed by atoms with Crippen molar-refractivity contribution >= 4 is 12.1 Å². The summed E-state index contributed by atoms with van der Waals surface area (Å²) in [6.07, 6.45) is -1.61. The van der Waals surface area contributed by atoms with E-state index in [9.17, 15) is 14.7 Å². The van der Waals surface area contributed by atoms with Gasteiger partial charge in [-0.05, 0) is 44.7 Å². The second kappa shape index (κ2) is 10.1. The minimum Gasteiger partial charge on any atom is -0.453 e. The molecule has 3 N–H and O–H groups in total. The van der Waals surface area contributed by atoms with E-state index < -0.39 is 42.0 Å². The molecule has 0 bridgehead atoms. The number of nitrogens with zero attached hydrogens (tertiary/aromatic N) is 1. The third-order valence-electron chi connectivity index (χ3n) is 5.36. The predicted octanol–water partition coefficient (Wildman–Crippen LogP) is 3.73. The number of aliphatic hydroxyl groups is 1. The van der Waals surface area contributed by atoms with Gasteiger partial charge in [-0.25, -0.2) is 9.59 Å².